The van der Waals surface area contributed by atoms with Crippen LogP contribution in [0.25, 0.3) is 22.6 Å². The van der Waals surface area contributed by atoms with Gasteiger partial charge in [-0.05, 0) is 24.3 Å². The fourth-order valence-electron chi connectivity index (χ4n) is 1.92. The van der Waals surface area contributed by atoms with E-state index in [2.05, 4.69) is 4.98 Å². The molecule has 6 heteroatoms. The summed E-state index contributed by atoms with van der Waals surface area (Å²) in [7, 11) is 0. The average molecular weight is 275 g/mol. The molecular weight excluding hydrogens is 268 g/mol. The van der Waals surface area contributed by atoms with Gasteiger partial charge < -0.3 is 9.52 Å². The Morgan fingerprint density at radius 2 is 1.85 bits per heavy atom. The Morgan fingerprint density at radius 3 is 2.50 bits per heavy atom. The highest BCUT2D eigenvalue weighted by Crippen LogP contribution is 2.27. The van der Waals surface area contributed by atoms with Crippen molar-refractivity contribution in [2.24, 2.45) is 0 Å². The number of halogens is 2. The lowest BCUT2D eigenvalue weighted by Crippen LogP contribution is -1.96. The van der Waals surface area contributed by atoms with Crippen LogP contribution in [0.1, 0.15) is 10.4 Å². The summed E-state index contributed by atoms with van der Waals surface area (Å²) in [6, 6.07) is 7.28. The van der Waals surface area contributed by atoms with Gasteiger partial charge in [0.15, 0.2) is 5.58 Å². The van der Waals surface area contributed by atoms with E-state index in [4.69, 9.17) is 9.52 Å². The molecule has 3 aromatic rings. The number of hydrogen-bond donors (Lipinski definition) is 1. The van der Waals surface area contributed by atoms with Gasteiger partial charge in [-0.25, -0.2) is 18.6 Å². The lowest BCUT2D eigenvalue weighted by molar-refractivity contribution is 0.0699. The van der Waals surface area contributed by atoms with E-state index in [0.717, 1.165) is 18.2 Å². The van der Waals surface area contributed by atoms with Crippen LogP contribution in [-0.2, 0) is 0 Å². The van der Waals surface area contributed by atoms with E-state index in [1.807, 2.05) is 0 Å². The fourth-order valence-corrected chi connectivity index (χ4v) is 1.92. The highest BCUT2D eigenvalue weighted by Gasteiger charge is 2.16. The third-order valence-electron chi connectivity index (χ3n) is 2.76. The van der Waals surface area contributed by atoms with Gasteiger partial charge in [-0.3, -0.25) is 0 Å². The molecule has 0 saturated heterocycles. The number of para-hydroxylation sites is 1. The van der Waals surface area contributed by atoms with E-state index in [9.17, 15) is 13.6 Å². The molecule has 1 heterocycles. The summed E-state index contributed by atoms with van der Waals surface area (Å²) in [6.45, 7) is 0. The summed E-state index contributed by atoms with van der Waals surface area (Å²) < 4.78 is 31.7. The van der Waals surface area contributed by atoms with E-state index in [1.165, 1.54) is 18.2 Å². The number of benzene rings is 2. The Bertz CT molecular complexity index is 806. The zero-order valence-corrected chi connectivity index (χ0v) is 9.93. The normalized spacial score (nSPS) is 10.9. The predicted molar refractivity (Wildman–Crippen MR) is 66.3 cm³/mol. The third-order valence-corrected chi connectivity index (χ3v) is 2.76. The number of fused-ring (bicyclic) bond motifs is 1. The summed E-state index contributed by atoms with van der Waals surface area (Å²) in [6.07, 6.45) is 0. The molecule has 1 N–H and O–H groups in total. The minimum Gasteiger partial charge on any atom is -0.478 e. The summed E-state index contributed by atoms with van der Waals surface area (Å²) in [5, 5.41) is 9.05. The molecular formula is C14H7F2NO3. The van der Waals surface area contributed by atoms with Crippen molar-refractivity contribution >= 4 is 17.1 Å². The maximum Gasteiger partial charge on any atom is 0.338 e. The van der Waals surface area contributed by atoms with Crippen molar-refractivity contribution < 1.29 is 23.1 Å². The lowest BCUT2D eigenvalue weighted by Gasteiger charge is -1.96. The van der Waals surface area contributed by atoms with E-state index >= 15 is 0 Å². The summed E-state index contributed by atoms with van der Waals surface area (Å²) in [5.74, 6) is -2.71. The van der Waals surface area contributed by atoms with Crippen LogP contribution in [0.5, 0.6) is 0 Å². The van der Waals surface area contributed by atoms with Gasteiger partial charge in [-0.2, -0.15) is 0 Å². The first-order valence-corrected chi connectivity index (χ1v) is 5.64. The number of rotatable bonds is 2. The summed E-state index contributed by atoms with van der Waals surface area (Å²) in [5.41, 5.74) is 0.452. The van der Waals surface area contributed by atoms with Crippen molar-refractivity contribution in [1.82, 2.24) is 4.98 Å². The predicted octanol–water partition coefficient (Wildman–Crippen LogP) is 3.47. The van der Waals surface area contributed by atoms with Gasteiger partial charge in [-0.15, -0.1) is 0 Å². The van der Waals surface area contributed by atoms with Crippen LogP contribution in [0.4, 0.5) is 8.78 Å². The SMILES string of the molecule is O=C(O)c1cccc2oc(-c3cc(F)cc(F)c3)nc12. The minimum absolute atomic E-state index is 0.0330. The average Bonchev–Trinajstić information content (AvgIpc) is 2.80. The number of carbonyl (C=O) groups is 1. The van der Waals surface area contributed by atoms with E-state index < -0.39 is 17.6 Å². The van der Waals surface area contributed by atoms with Crippen molar-refractivity contribution in [2.45, 2.75) is 0 Å². The second-order valence-corrected chi connectivity index (χ2v) is 4.13. The van der Waals surface area contributed by atoms with E-state index in [0.29, 0.717) is 0 Å². The topological polar surface area (TPSA) is 63.3 Å². The van der Waals surface area contributed by atoms with E-state index in [-0.39, 0.29) is 28.1 Å². The Balaban J connectivity index is 2.23. The van der Waals surface area contributed by atoms with Gasteiger partial charge >= 0.3 is 5.97 Å². The first-order valence-electron chi connectivity index (χ1n) is 5.64. The quantitative estimate of drug-likeness (QED) is 0.777. The molecule has 4 nitrogen and oxygen atoms in total. The standard InChI is InChI=1S/C14H7F2NO3/c15-8-4-7(5-9(16)6-8)13-17-12-10(14(18)19)2-1-3-11(12)20-13/h1-6H,(H,18,19). The summed E-state index contributed by atoms with van der Waals surface area (Å²) in [4.78, 5) is 15.1. The van der Waals surface area contributed by atoms with Crippen LogP contribution >= 0.6 is 0 Å². The van der Waals surface area contributed by atoms with Crippen LogP contribution in [0, 0.1) is 11.6 Å². The molecule has 0 spiro atoms. The van der Waals surface area contributed by atoms with Crippen molar-refractivity contribution in [3.8, 4) is 11.5 Å². The zero-order chi connectivity index (χ0) is 14.3. The maximum absolute atomic E-state index is 13.2. The number of carboxylic acid groups (broad SMARTS) is 1. The molecule has 100 valence electrons. The Hall–Kier alpha value is -2.76. The number of aromatic nitrogens is 1. The molecule has 0 aliphatic heterocycles. The first kappa shape index (κ1) is 12.3. The molecule has 0 aliphatic carbocycles. The van der Waals surface area contributed by atoms with Gasteiger partial charge in [0.05, 0.1) is 5.56 Å². The molecule has 1 aromatic heterocycles. The number of hydrogen-bond acceptors (Lipinski definition) is 3. The largest absolute Gasteiger partial charge is 0.478 e. The Labute approximate surface area is 111 Å². The third kappa shape index (κ3) is 2.01. The number of carboxylic acids is 1. The lowest BCUT2D eigenvalue weighted by atomic mass is 10.2. The number of oxazole rings is 1. The summed E-state index contributed by atoms with van der Waals surface area (Å²) >= 11 is 0. The Kier molecular flexibility index (Phi) is 2.71. The van der Waals surface area contributed by atoms with Crippen molar-refractivity contribution in [3.63, 3.8) is 0 Å². The van der Waals surface area contributed by atoms with Crippen LogP contribution < -0.4 is 0 Å². The number of aromatic carboxylic acids is 1. The van der Waals surface area contributed by atoms with Gasteiger partial charge in [0.25, 0.3) is 0 Å². The molecule has 3 rings (SSSR count). The smallest absolute Gasteiger partial charge is 0.338 e. The molecule has 0 bridgehead atoms. The van der Waals surface area contributed by atoms with Crippen LogP contribution in [0.2, 0.25) is 0 Å². The van der Waals surface area contributed by atoms with Crippen LogP contribution in [-0.4, -0.2) is 16.1 Å². The van der Waals surface area contributed by atoms with Gasteiger partial charge in [0, 0.05) is 11.6 Å². The van der Waals surface area contributed by atoms with Gasteiger partial charge in [-0.1, -0.05) is 6.07 Å². The zero-order valence-electron chi connectivity index (χ0n) is 9.93. The second kappa shape index (κ2) is 4.41. The molecule has 20 heavy (non-hydrogen) atoms. The number of nitrogens with zero attached hydrogens (tertiary/aromatic N) is 1. The highest BCUT2D eigenvalue weighted by atomic mass is 19.1. The maximum atomic E-state index is 13.2. The van der Waals surface area contributed by atoms with Crippen molar-refractivity contribution in [2.75, 3.05) is 0 Å². The monoisotopic (exact) mass is 275 g/mol. The van der Waals surface area contributed by atoms with E-state index in [1.54, 1.807) is 0 Å². The first-order chi connectivity index (χ1) is 9.54. The molecule has 0 fully saturated rings. The van der Waals surface area contributed by atoms with Crippen LogP contribution in [0.15, 0.2) is 40.8 Å². The van der Waals surface area contributed by atoms with Gasteiger partial charge in [0.1, 0.15) is 17.2 Å². The van der Waals surface area contributed by atoms with Gasteiger partial charge in [0.2, 0.25) is 5.89 Å². The highest BCUT2D eigenvalue weighted by molar-refractivity contribution is 6.00. The molecule has 2 aromatic carbocycles. The molecule has 0 aliphatic rings. The van der Waals surface area contributed by atoms with Crippen LogP contribution in [0.3, 0.4) is 0 Å². The molecule has 0 radical (unpaired) electrons. The Morgan fingerprint density at radius 1 is 1.15 bits per heavy atom. The van der Waals surface area contributed by atoms with Crippen molar-refractivity contribution in [1.29, 1.82) is 0 Å². The minimum atomic E-state index is -1.15. The molecule has 0 atom stereocenters. The fraction of sp³-hybridized carbons (Fsp3) is 0. The molecule has 0 saturated carbocycles. The second-order valence-electron chi connectivity index (χ2n) is 4.13. The van der Waals surface area contributed by atoms with Crippen molar-refractivity contribution in [3.05, 3.63) is 53.6 Å². The molecule has 0 unspecified atom stereocenters. The molecule has 0 amide bonds.